The number of hydrogen-bond acceptors (Lipinski definition) is 6. The van der Waals surface area contributed by atoms with Gasteiger partial charge < -0.3 is 9.84 Å². The predicted octanol–water partition coefficient (Wildman–Crippen LogP) is 5.86. The van der Waals surface area contributed by atoms with Gasteiger partial charge in [-0.1, -0.05) is 42.8 Å². The third-order valence-corrected chi connectivity index (χ3v) is 6.50. The Labute approximate surface area is 203 Å². The number of likely N-dealkylation sites (tertiary alicyclic amines) is 1. The van der Waals surface area contributed by atoms with E-state index in [1.54, 1.807) is 30.5 Å². The van der Waals surface area contributed by atoms with Gasteiger partial charge in [0.25, 0.3) is 5.91 Å². The second-order valence-corrected chi connectivity index (χ2v) is 8.57. The first-order valence-electron chi connectivity index (χ1n) is 11.7. The molecule has 1 aliphatic heterocycles. The van der Waals surface area contributed by atoms with Crippen LogP contribution in [0.4, 0.5) is 5.69 Å². The number of benzene rings is 2. The summed E-state index contributed by atoms with van der Waals surface area (Å²) in [6.45, 7) is 1.40. The summed E-state index contributed by atoms with van der Waals surface area (Å²) in [5.41, 5.74) is 2.60. The van der Waals surface area contributed by atoms with Crippen LogP contribution >= 0.6 is 0 Å². The molecule has 0 bridgehead atoms. The van der Waals surface area contributed by atoms with Crippen LogP contribution in [0, 0.1) is 0 Å². The fraction of sp³-hybridized carbons (Fsp3) is 0.259. The minimum Gasteiger partial charge on any atom is -0.496 e. The summed E-state index contributed by atoms with van der Waals surface area (Å²) in [5, 5.41) is 20.1. The van der Waals surface area contributed by atoms with Crippen molar-refractivity contribution < 1.29 is 14.6 Å². The summed E-state index contributed by atoms with van der Waals surface area (Å²) in [7, 11) is 1.50. The molecule has 4 aromatic rings. The molecule has 0 radical (unpaired) electrons. The Morgan fingerprint density at radius 1 is 1.11 bits per heavy atom. The fourth-order valence-electron chi connectivity index (χ4n) is 4.78. The van der Waals surface area contributed by atoms with Crippen LogP contribution in [-0.2, 0) is 6.67 Å². The van der Waals surface area contributed by atoms with E-state index >= 15 is 0 Å². The summed E-state index contributed by atoms with van der Waals surface area (Å²) >= 11 is 0. The number of ether oxygens (including phenoxy) is 1. The van der Waals surface area contributed by atoms with Crippen LogP contribution in [0.5, 0.6) is 11.6 Å². The second-order valence-electron chi connectivity index (χ2n) is 8.57. The maximum Gasteiger partial charge on any atom is 0.299 e. The molecule has 178 valence electrons. The van der Waals surface area contributed by atoms with Crippen LogP contribution in [0.15, 0.2) is 83.3 Å². The fourth-order valence-corrected chi connectivity index (χ4v) is 4.78. The van der Waals surface area contributed by atoms with Crippen molar-refractivity contribution in [1.82, 2.24) is 14.5 Å². The van der Waals surface area contributed by atoms with E-state index < -0.39 is 5.91 Å². The average Bonchev–Trinajstić information content (AvgIpc) is 3.18. The number of rotatable bonds is 6. The molecule has 1 atom stereocenters. The monoisotopic (exact) mass is 469 g/mol. The lowest BCUT2D eigenvalue weighted by molar-refractivity contribution is 0.0992. The number of methoxy groups -OCH3 is 1. The molecule has 2 aromatic heterocycles. The average molecular weight is 470 g/mol. The summed E-state index contributed by atoms with van der Waals surface area (Å²) in [5.74, 6) is -0.126. The van der Waals surface area contributed by atoms with Crippen molar-refractivity contribution in [2.45, 2.75) is 32.0 Å². The van der Waals surface area contributed by atoms with Gasteiger partial charge in [-0.25, -0.2) is 0 Å². The highest BCUT2D eigenvalue weighted by molar-refractivity contribution is 5.98. The van der Waals surface area contributed by atoms with Crippen molar-refractivity contribution in [2.24, 2.45) is 10.2 Å². The first-order valence-corrected chi connectivity index (χ1v) is 11.7. The van der Waals surface area contributed by atoms with E-state index in [-0.39, 0.29) is 17.6 Å². The highest BCUT2D eigenvalue weighted by Crippen LogP contribution is 2.40. The number of aromatic hydroxyl groups is 1. The van der Waals surface area contributed by atoms with Gasteiger partial charge in [0.2, 0.25) is 5.88 Å². The van der Waals surface area contributed by atoms with Crippen LogP contribution in [0.2, 0.25) is 0 Å². The number of azo groups is 1. The van der Waals surface area contributed by atoms with Gasteiger partial charge in [-0.3, -0.25) is 19.2 Å². The predicted molar refractivity (Wildman–Crippen MR) is 133 cm³/mol. The third kappa shape index (κ3) is 4.52. The molecule has 1 unspecified atom stereocenters. The minimum absolute atomic E-state index is 0.0155. The van der Waals surface area contributed by atoms with Gasteiger partial charge in [-0.05, 0) is 42.7 Å². The topological polar surface area (TPSA) is 92.3 Å². The largest absolute Gasteiger partial charge is 0.496 e. The molecule has 0 aliphatic carbocycles. The zero-order valence-electron chi connectivity index (χ0n) is 19.5. The number of carbonyl (C=O) groups excluding carboxylic acids is 1. The van der Waals surface area contributed by atoms with Gasteiger partial charge in [0.05, 0.1) is 24.9 Å². The first kappa shape index (κ1) is 22.7. The molecule has 35 heavy (non-hydrogen) atoms. The summed E-state index contributed by atoms with van der Waals surface area (Å²) in [4.78, 5) is 19.4. The highest BCUT2D eigenvalue weighted by Gasteiger charge is 2.27. The maximum atomic E-state index is 12.7. The molecule has 3 heterocycles. The summed E-state index contributed by atoms with van der Waals surface area (Å²) < 4.78 is 7.10. The molecule has 0 spiro atoms. The molecule has 1 saturated heterocycles. The van der Waals surface area contributed by atoms with E-state index in [2.05, 4.69) is 26.2 Å². The molecule has 1 aliphatic rings. The lowest BCUT2D eigenvalue weighted by Gasteiger charge is -2.36. The molecule has 1 amide bonds. The Bertz CT molecular complexity index is 1370. The van der Waals surface area contributed by atoms with Gasteiger partial charge in [0.15, 0.2) is 5.69 Å². The lowest BCUT2D eigenvalue weighted by Crippen LogP contribution is -2.34. The SMILES string of the molecule is COc1ccccc1C(=O)N=Nc1c(O)n(CN2CCCCC2c2cccnc2)c2ccccc12. The highest BCUT2D eigenvalue weighted by atomic mass is 16.5. The first-order chi connectivity index (χ1) is 17.2. The van der Waals surface area contributed by atoms with E-state index in [9.17, 15) is 9.90 Å². The van der Waals surface area contributed by atoms with Crippen LogP contribution in [-0.4, -0.2) is 39.1 Å². The van der Waals surface area contributed by atoms with Crippen molar-refractivity contribution in [3.63, 3.8) is 0 Å². The van der Waals surface area contributed by atoms with E-state index in [1.807, 2.05) is 41.1 Å². The Balaban J connectivity index is 1.48. The number of amides is 1. The van der Waals surface area contributed by atoms with Crippen LogP contribution in [0.3, 0.4) is 0 Å². The zero-order chi connectivity index (χ0) is 24.2. The van der Waals surface area contributed by atoms with Crippen LogP contribution < -0.4 is 4.74 Å². The van der Waals surface area contributed by atoms with Crippen LogP contribution in [0.1, 0.15) is 41.2 Å². The maximum absolute atomic E-state index is 12.7. The number of aromatic nitrogens is 2. The second kappa shape index (κ2) is 10.1. The molecule has 1 fully saturated rings. The quantitative estimate of drug-likeness (QED) is 0.357. The third-order valence-electron chi connectivity index (χ3n) is 6.50. The van der Waals surface area contributed by atoms with Crippen molar-refractivity contribution >= 4 is 22.5 Å². The lowest BCUT2D eigenvalue weighted by atomic mass is 9.97. The van der Waals surface area contributed by atoms with Gasteiger partial charge >= 0.3 is 0 Å². The summed E-state index contributed by atoms with van der Waals surface area (Å²) in [6, 6.07) is 18.8. The number of piperidine rings is 1. The smallest absolute Gasteiger partial charge is 0.299 e. The Morgan fingerprint density at radius 2 is 1.94 bits per heavy atom. The Hall–Kier alpha value is -4.04. The standard InChI is InChI=1S/C27H27N5O3/c1-35-24-14-5-3-11-21(24)26(33)30-29-25-20-10-2-4-13-23(20)32(27(25)34)18-31-16-7-6-12-22(31)19-9-8-15-28-17-19/h2-5,8-11,13-15,17,22,34H,6-7,12,16,18H2,1H3. The molecular formula is C27H27N5O3. The number of hydrogen-bond donors (Lipinski definition) is 1. The molecule has 5 rings (SSSR count). The van der Waals surface area contributed by atoms with E-state index in [0.717, 1.165) is 36.7 Å². The number of para-hydroxylation sites is 2. The molecule has 8 heteroatoms. The number of fused-ring (bicyclic) bond motifs is 1. The number of pyridine rings is 1. The van der Waals surface area contributed by atoms with Gasteiger partial charge in [0.1, 0.15) is 5.75 Å². The van der Waals surface area contributed by atoms with Crippen molar-refractivity contribution in [3.8, 4) is 11.6 Å². The van der Waals surface area contributed by atoms with E-state index in [4.69, 9.17) is 4.74 Å². The van der Waals surface area contributed by atoms with Crippen molar-refractivity contribution in [3.05, 3.63) is 84.2 Å². The summed E-state index contributed by atoms with van der Waals surface area (Å²) in [6.07, 6.45) is 6.98. The molecular weight excluding hydrogens is 442 g/mol. The minimum atomic E-state index is -0.536. The molecule has 1 N–H and O–H groups in total. The van der Waals surface area contributed by atoms with Crippen LogP contribution in [0.25, 0.3) is 10.9 Å². The number of carbonyl (C=O) groups is 1. The Morgan fingerprint density at radius 3 is 2.77 bits per heavy atom. The Kier molecular flexibility index (Phi) is 6.54. The molecule has 0 saturated carbocycles. The normalized spacial score (nSPS) is 16.7. The van der Waals surface area contributed by atoms with Crippen molar-refractivity contribution in [1.29, 1.82) is 0 Å². The van der Waals surface area contributed by atoms with Crippen molar-refractivity contribution in [2.75, 3.05) is 13.7 Å². The van der Waals surface area contributed by atoms with Gasteiger partial charge in [-0.15, -0.1) is 10.2 Å². The van der Waals surface area contributed by atoms with Gasteiger partial charge in [-0.2, -0.15) is 0 Å². The molecule has 2 aromatic carbocycles. The number of nitrogens with zero attached hydrogens (tertiary/aromatic N) is 5. The van der Waals surface area contributed by atoms with E-state index in [1.165, 1.54) is 12.7 Å². The zero-order valence-corrected chi connectivity index (χ0v) is 19.5. The molecule has 8 nitrogen and oxygen atoms in total. The van der Waals surface area contributed by atoms with Gasteiger partial charge in [0, 0.05) is 30.4 Å². The van der Waals surface area contributed by atoms with E-state index in [0.29, 0.717) is 18.0 Å².